The first-order chi connectivity index (χ1) is 10.5. The van der Waals surface area contributed by atoms with Crippen molar-refractivity contribution in [3.8, 4) is 17.4 Å². The average Bonchev–Trinajstić information content (AvgIpc) is 2.84. The molecule has 1 aromatic heterocycles. The molecule has 118 valence electrons. The van der Waals surface area contributed by atoms with E-state index in [4.69, 9.17) is 9.47 Å². The zero-order valence-corrected chi connectivity index (χ0v) is 12.5. The molecule has 2 rings (SSSR count). The van der Waals surface area contributed by atoms with Gasteiger partial charge in [0, 0.05) is 13.1 Å². The van der Waals surface area contributed by atoms with Crippen molar-refractivity contribution in [3.05, 3.63) is 42.2 Å². The van der Waals surface area contributed by atoms with E-state index in [0.29, 0.717) is 12.4 Å². The first-order valence-corrected chi connectivity index (χ1v) is 6.81. The van der Waals surface area contributed by atoms with Gasteiger partial charge in [0.25, 0.3) is 0 Å². The molecule has 2 aromatic rings. The second-order valence-corrected chi connectivity index (χ2v) is 4.64. The molecular formula is C15H17F2N3O2. The van der Waals surface area contributed by atoms with Crippen LogP contribution in [0.2, 0.25) is 0 Å². The van der Waals surface area contributed by atoms with E-state index in [0.717, 1.165) is 18.6 Å². The second-order valence-electron chi connectivity index (χ2n) is 4.64. The third-order valence-corrected chi connectivity index (χ3v) is 2.79. The Labute approximate surface area is 127 Å². The van der Waals surface area contributed by atoms with Gasteiger partial charge in [-0.15, -0.1) is 5.10 Å². The minimum absolute atomic E-state index is 0.0717. The van der Waals surface area contributed by atoms with E-state index in [1.807, 2.05) is 6.92 Å². The maximum absolute atomic E-state index is 13.8. The molecule has 1 heterocycles. The maximum atomic E-state index is 13.8. The minimum Gasteiger partial charge on any atom is -0.495 e. The molecule has 0 aliphatic heterocycles. The Kier molecular flexibility index (Phi) is 5.08. The van der Waals surface area contributed by atoms with Gasteiger partial charge in [0.05, 0.1) is 12.2 Å². The lowest BCUT2D eigenvalue weighted by molar-refractivity contribution is 0.166. The summed E-state index contributed by atoms with van der Waals surface area (Å²) in [6, 6.07) is 3.34. The van der Waals surface area contributed by atoms with Gasteiger partial charge >= 0.3 is 6.01 Å². The molecule has 1 aromatic carbocycles. The summed E-state index contributed by atoms with van der Waals surface area (Å²) in [5.41, 5.74) is 0.146. The molecule has 0 aliphatic carbocycles. The summed E-state index contributed by atoms with van der Waals surface area (Å²) >= 11 is 0. The van der Waals surface area contributed by atoms with Gasteiger partial charge in [-0.05, 0) is 18.6 Å². The van der Waals surface area contributed by atoms with Crippen molar-refractivity contribution < 1.29 is 18.3 Å². The molecule has 0 unspecified atom stereocenters. The van der Waals surface area contributed by atoms with Crippen LogP contribution < -0.4 is 4.74 Å². The average molecular weight is 309 g/mol. The van der Waals surface area contributed by atoms with E-state index in [9.17, 15) is 8.78 Å². The summed E-state index contributed by atoms with van der Waals surface area (Å²) < 4.78 is 38.7. The van der Waals surface area contributed by atoms with Crippen LogP contribution in [0, 0.1) is 11.6 Å². The highest BCUT2D eigenvalue weighted by molar-refractivity contribution is 5.56. The van der Waals surface area contributed by atoms with E-state index in [-0.39, 0.29) is 24.0 Å². The molecule has 7 heteroatoms. The molecular weight excluding hydrogens is 292 g/mol. The predicted molar refractivity (Wildman–Crippen MR) is 77.2 cm³/mol. The molecule has 22 heavy (non-hydrogen) atoms. The molecule has 5 nitrogen and oxygen atoms in total. The van der Waals surface area contributed by atoms with Crippen LogP contribution in [-0.2, 0) is 11.8 Å². The number of nitrogens with zero attached hydrogens (tertiary/aromatic N) is 3. The lowest BCUT2D eigenvalue weighted by Gasteiger charge is -2.06. The minimum atomic E-state index is -0.710. The second kappa shape index (κ2) is 7.02. The van der Waals surface area contributed by atoms with Crippen LogP contribution in [-0.4, -0.2) is 28.0 Å². The molecule has 0 amide bonds. The van der Waals surface area contributed by atoms with Crippen LogP contribution in [0.5, 0.6) is 6.01 Å². The summed E-state index contributed by atoms with van der Waals surface area (Å²) in [4.78, 5) is 4.09. The van der Waals surface area contributed by atoms with E-state index in [1.165, 1.54) is 10.7 Å². The Balaban J connectivity index is 2.09. The number of aryl methyl sites for hydroxylation is 1. The highest BCUT2D eigenvalue weighted by atomic mass is 19.1. The molecule has 0 bridgehead atoms. The fourth-order valence-electron chi connectivity index (χ4n) is 1.76. The summed E-state index contributed by atoms with van der Waals surface area (Å²) in [5, 5.41) is 4.03. The standard InChI is InChI=1S/C15H17F2N3O2/c1-4-7-21-10(2)9-22-15-18-14(20(3)19-15)12-6-5-11(16)8-13(12)17/h5-6,8H,2,4,7,9H2,1,3H3. The van der Waals surface area contributed by atoms with Crippen molar-refractivity contribution in [2.24, 2.45) is 7.05 Å². The van der Waals surface area contributed by atoms with Crippen LogP contribution >= 0.6 is 0 Å². The van der Waals surface area contributed by atoms with Crippen molar-refractivity contribution in [2.45, 2.75) is 13.3 Å². The van der Waals surface area contributed by atoms with Crippen molar-refractivity contribution in [3.63, 3.8) is 0 Å². The molecule has 0 N–H and O–H groups in total. The van der Waals surface area contributed by atoms with Crippen molar-refractivity contribution in [1.29, 1.82) is 0 Å². The lowest BCUT2D eigenvalue weighted by Crippen LogP contribution is -2.05. The van der Waals surface area contributed by atoms with Gasteiger partial charge in [0.2, 0.25) is 0 Å². The molecule has 0 saturated carbocycles. The zero-order valence-electron chi connectivity index (χ0n) is 12.5. The van der Waals surface area contributed by atoms with Gasteiger partial charge in [-0.2, -0.15) is 4.98 Å². The Morgan fingerprint density at radius 3 is 2.82 bits per heavy atom. The van der Waals surface area contributed by atoms with Gasteiger partial charge in [-0.25, -0.2) is 13.5 Å². The fraction of sp³-hybridized carbons (Fsp3) is 0.333. The number of hydrogen-bond donors (Lipinski definition) is 0. The van der Waals surface area contributed by atoms with Gasteiger partial charge < -0.3 is 9.47 Å². The topological polar surface area (TPSA) is 49.2 Å². The van der Waals surface area contributed by atoms with Crippen molar-refractivity contribution >= 4 is 0 Å². The summed E-state index contributed by atoms with van der Waals surface area (Å²) in [7, 11) is 1.60. The van der Waals surface area contributed by atoms with Gasteiger partial charge in [-0.3, -0.25) is 0 Å². The van der Waals surface area contributed by atoms with Gasteiger partial charge in [0.15, 0.2) is 5.82 Å². The zero-order chi connectivity index (χ0) is 16.1. The number of halogens is 2. The Morgan fingerprint density at radius 2 is 2.14 bits per heavy atom. The highest BCUT2D eigenvalue weighted by Gasteiger charge is 2.15. The summed E-state index contributed by atoms with van der Waals surface area (Å²) in [6.45, 7) is 6.36. The van der Waals surface area contributed by atoms with Gasteiger partial charge in [-0.1, -0.05) is 13.5 Å². The lowest BCUT2D eigenvalue weighted by atomic mass is 10.2. The number of hydrogen-bond acceptors (Lipinski definition) is 4. The molecule has 0 aliphatic rings. The van der Waals surface area contributed by atoms with E-state index in [2.05, 4.69) is 16.7 Å². The van der Waals surface area contributed by atoms with Crippen LogP contribution in [0.3, 0.4) is 0 Å². The van der Waals surface area contributed by atoms with Crippen LogP contribution in [0.1, 0.15) is 13.3 Å². The summed E-state index contributed by atoms with van der Waals surface area (Å²) in [6.07, 6.45) is 0.870. The number of aromatic nitrogens is 3. The Morgan fingerprint density at radius 1 is 1.36 bits per heavy atom. The largest absolute Gasteiger partial charge is 0.495 e. The molecule has 0 fully saturated rings. The molecule has 0 radical (unpaired) electrons. The third-order valence-electron chi connectivity index (χ3n) is 2.79. The monoisotopic (exact) mass is 309 g/mol. The third kappa shape index (κ3) is 3.81. The first-order valence-electron chi connectivity index (χ1n) is 6.81. The molecule has 0 saturated heterocycles. The first kappa shape index (κ1) is 15.9. The SMILES string of the molecule is C=C(COc1nc(-c2ccc(F)cc2F)n(C)n1)OCCC. The van der Waals surface area contributed by atoms with Crippen LogP contribution in [0.25, 0.3) is 11.4 Å². The normalized spacial score (nSPS) is 10.5. The summed E-state index contributed by atoms with van der Waals surface area (Å²) in [5.74, 6) is -0.654. The van der Waals surface area contributed by atoms with Crippen molar-refractivity contribution in [2.75, 3.05) is 13.2 Å². The van der Waals surface area contributed by atoms with Gasteiger partial charge in [0.1, 0.15) is 24.0 Å². The highest BCUT2D eigenvalue weighted by Crippen LogP contribution is 2.23. The van der Waals surface area contributed by atoms with E-state index >= 15 is 0 Å². The van der Waals surface area contributed by atoms with Crippen molar-refractivity contribution in [1.82, 2.24) is 14.8 Å². The van der Waals surface area contributed by atoms with Crippen LogP contribution in [0.4, 0.5) is 8.78 Å². The van der Waals surface area contributed by atoms with E-state index in [1.54, 1.807) is 7.05 Å². The number of benzene rings is 1. The molecule has 0 atom stereocenters. The quantitative estimate of drug-likeness (QED) is 0.738. The number of ether oxygens (including phenoxy) is 2. The Bertz CT molecular complexity index is 671. The maximum Gasteiger partial charge on any atom is 0.336 e. The predicted octanol–water partition coefficient (Wildman–Crippen LogP) is 3.08. The number of rotatable bonds is 7. The molecule has 0 spiro atoms. The van der Waals surface area contributed by atoms with E-state index < -0.39 is 11.6 Å². The fourth-order valence-corrected chi connectivity index (χ4v) is 1.76. The Hall–Kier alpha value is -2.44. The smallest absolute Gasteiger partial charge is 0.336 e. The van der Waals surface area contributed by atoms with Crippen LogP contribution in [0.15, 0.2) is 30.5 Å².